The van der Waals surface area contributed by atoms with Crippen LogP contribution in [0.15, 0.2) is 48.5 Å². The fourth-order valence-corrected chi connectivity index (χ4v) is 3.29. The van der Waals surface area contributed by atoms with Crippen LogP contribution in [-0.2, 0) is 6.42 Å². The third kappa shape index (κ3) is 4.75. The van der Waals surface area contributed by atoms with Crippen molar-refractivity contribution >= 4 is 53.5 Å². The van der Waals surface area contributed by atoms with Crippen LogP contribution in [0.2, 0.25) is 0 Å². The molecule has 0 aromatic heterocycles. The van der Waals surface area contributed by atoms with Crippen molar-refractivity contribution < 1.29 is 18.6 Å². The predicted molar refractivity (Wildman–Crippen MR) is 118 cm³/mol. The number of nitrogens with zero attached hydrogens (tertiary/aromatic N) is 3. The van der Waals surface area contributed by atoms with Crippen molar-refractivity contribution in [3.63, 3.8) is 0 Å². The fraction of sp³-hybridized carbons (Fsp3) is 0.300. The molecule has 0 saturated carbocycles. The second-order valence-corrected chi connectivity index (χ2v) is 8.23. The summed E-state index contributed by atoms with van der Waals surface area (Å²) in [5.41, 5.74) is -0.464. The standard InChI is InChI=1S/C20H22Cl2N3O4.ClH/c1-5-14-10-12-15(13-11-14)19(27)25(22,20(2,3)4)23(21)18(26)16-8-6-7-9-17(16)24(28)29;/h6-13H,5H2,1-4H3;1H/q+1;. The van der Waals surface area contributed by atoms with Crippen molar-refractivity contribution in [2.75, 3.05) is 0 Å². The summed E-state index contributed by atoms with van der Waals surface area (Å²) in [6.45, 7) is 6.90. The second-order valence-electron chi connectivity index (χ2n) is 7.42. The summed E-state index contributed by atoms with van der Waals surface area (Å²) in [5.74, 6) is -1.59. The van der Waals surface area contributed by atoms with Gasteiger partial charge in [-0.2, -0.15) is 0 Å². The van der Waals surface area contributed by atoms with Crippen LogP contribution in [0.3, 0.4) is 0 Å². The average molecular weight is 476 g/mol. The Bertz CT molecular complexity index is 945. The molecule has 2 aromatic rings. The van der Waals surface area contributed by atoms with Gasteiger partial charge in [-0.1, -0.05) is 35.7 Å². The van der Waals surface area contributed by atoms with Crippen molar-refractivity contribution in [1.29, 1.82) is 0 Å². The quantitative estimate of drug-likeness (QED) is 0.323. The average Bonchev–Trinajstić information content (AvgIpc) is 2.70. The van der Waals surface area contributed by atoms with Crippen LogP contribution in [-0.4, -0.2) is 30.9 Å². The molecule has 10 heteroatoms. The summed E-state index contributed by atoms with van der Waals surface area (Å²) in [7, 11) is 0. The van der Waals surface area contributed by atoms with Crippen molar-refractivity contribution in [3.8, 4) is 0 Å². The highest BCUT2D eigenvalue weighted by Gasteiger charge is 2.56. The zero-order chi connectivity index (χ0) is 22.0. The van der Waals surface area contributed by atoms with Crippen LogP contribution in [0.5, 0.6) is 0 Å². The molecule has 0 fully saturated rings. The molecule has 2 aromatic carbocycles. The molecule has 0 spiro atoms. The Morgan fingerprint density at radius 2 is 1.63 bits per heavy atom. The maximum Gasteiger partial charge on any atom is 0.390 e. The molecular weight excluding hydrogens is 453 g/mol. The van der Waals surface area contributed by atoms with Gasteiger partial charge in [-0.15, -0.1) is 12.4 Å². The molecule has 0 bridgehead atoms. The van der Waals surface area contributed by atoms with Crippen LogP contribution in [0, 0.1) is 10.1 Å². The topological polar surface area (TPSA) is 80.5 Å². The molecule has 0 aliphatic heterocycles. The van der Waals surface area contributed by atoms with Gasteiger partial charge in [0.15, 0.2) is 0 Å². The largest absolute Gasteiger partial charge is 0.390 e. The maximum atomic E-state index is 13.3. The van der Waals surface area contributed by atoms with Gasteiger partial charge in [0.1, 0.15) is 11.1 Å². The molecule has 0 aliphatic carbocycles. The van der Waals surface area contributed by atoms with E-state index in [9.17, 15) is 19.7 Å². The Hall–Kier alpha value is -2.19. The monoisotopic (exact) mass is 474 g/mol. The van der Waals surface area contributed by atoms with Crippen molar-refractivity contribution in [3.05, 3.63) is 75.3 Å². The smallest absolute Gasteiger partial charge is 0.262 e. The van der Waals surface area contributed by atoms with Gasteiger partial charge in [0, 0.05) is 6.07 Å². The zero-order valence-corrected chi connectivity index (χ0v) is 19.3. The Balaban J connectivity index is 0.00000450. The van der Waals surface area contributed by atoms with Crippen LogP contribution in [0.4, 0.5) is 5.69 Å². The van der Waals surface area contributed by atoms with Crippen molar-refractivity contribution in [2.24, 2.45) is 0 Å². The first kappa shape index (κ1) is 25.8. The lowest BCUT2D eigenvalue weighted by molar-refractivity contribution is -0.871. The maximum absolute atomic E-state index is 13.3. The summed E-state index contributed by atoms with van der Waals surface area (Å²) in [6.07, 6.45) is 0.798. The lowest BCUT2D eigenvalue weighted by Gasteiger charge is -2.40. The lowest BCUT2D eigenvalue weighted by atomic mass is 10.0. The predicted octanol–water partition coefficient (Wildman–Crippen LogP) is 5.70. The molecule has 30 heavy (non-hydrogen) atoms. The minimum absolute atomic E-state index is 0. The first-order chi connectivity index (χ1) is 13.4. The van der Waals surface area contributed by atoms with E-state index in [-0.39, 0.29) is 23.5 Å². The number of amides is 2. The zero-order valence-electron chi connectivity index (χ0n) is 17.0. The van der Waals surface area contributed by atoms with E-state index in [1.165, 1.54) is 24.3 Å². The molecule has 2 amide bonds. The number of halogens is 3. The molecule has 2 rings (SSSR count). The van der Waals surface area contributed by atoms with Crippen LogP contribution >= 0.6 is 36.0 Å². The van der Waals surface area contributed by atoms with E-state index in [0.717, 1.165) is 12.0 Å². The van der Waals surface area contributed by atoms with Gasteiger partial charge < -0.3 is 0 Å². The number of rotatable bonds is 4. The second kappa shape index (κ2) is 9.75. The summed E-state index contributed by atoms with van der Waals surface area (Å²) in [6, 6.07) is 12.2. The van der Waals surface area contributed by atoms with Crippen molar-refractivity contribution in [1.82, 2.24) is 4.53 Å². The number of benzene rings is 2. The molecule has 1 atom stereocenters. The fourth-order valence-electron chi connectivity index (χ4n) is 2.74. The summed E-state index contributed by atoms with van der Waals surface area (Å²) < 4.78 is -0.620. The SMILES string of the molecule is CCc1ccc(C(=O)[N+](Cl)(N(Cl)C(=O)c2ccccc2[N+](=O)[O-])C(C)(C)C)cc1.Cl. The molecule has 7 nitrogen and oxygen atoms in total. The molecule has 0 N–H and O–H groups in total. The Morgan fingerprint density at radius 3 is 2.10 bits per heavy atom. The Kier molecular flexibility index (Phi) is 8.40. The van der Waals surface area contributed by atoms with E-state index in [0.29, 0.717) is 4.53 Å². The van der Waals surface area contributed by atoms with Gasteiger partial charge in [-0.3, -0.25) is 14.9 Å². The van der Waals surface area contributed by atoms with E-state index in [4.69, 9.17) is 23.6 Å². The molecular formula is C20H23Cl3N3O4+. The molecule has 162 valence electrons. The highest BCUT2D eigenvalue weighted by Crippen LogP contribution is 2.37. The number of quaternary nitrogens is 1. The van der Waals surface area contributed by atoms with Gasteiger partial charge in [0.2, 0.25) is 11.8 Å². The van der Waals surface area contributed by atoms with Gasteiger partial charge in [0.05, 0.1) is 22.3 Å². The minimum Gasteiger partial charge on any atom is -0.262 e. The molecule has 0 heterocycles. The summed E-state index contributed by atoms with van der Waals surface area (Å²) >= 11 is 13.0. The van der Waals surface area contributed by atoms with E-state index in [1.807, 2.05) is 6.92 Å². The number of carbonyl (C=O) groups is 2. The lowest BCUT2D eigenvalue weighted by Crippen LogP contribution is -2.64. The number of hydrogen-bond donors (Lipinski definition) is 0. The number of carbonyl (C=O) groups excluding carboxylic acids is 2. The van der Waals surface area contributed by atoms with Gasteiger partial charge in [0.25, 0.3) is 5.69 Å². The van der Waals surface area contributed by atoms with Gasteiger partial charge >= 0.3 is 11.8 Å². The third-order valence-corrected chi connectivity index (χ3v) is 5.78. The number of nitro benzene ring substituents is 1. The highest BCUT2D eigenvalue weighted by molar-refractivity contribution is 6.27. The molecule has 1 unspecified atom stereocenters. The number of nitro groups is 1. The number of para-hydroxylation sites is 1. The van der Waals surface area contributed by atoms with E-state index >= 15 is 0 Å². The van der Waals surface area contributed by atoms with Crippen molar-refractivity contribution in [2.45, 2.75) is 39.7 Å². The van der Waals surface area contributed by atoms with Gasteiger partial charge in [-0.25, -0.2) is 4.79 Å². The Labute approximate surface area is 191 Å². The number of aryl methyl sites for hydroxylation is 1. The molecule has 0 saturated heterocycles. The first-order valence-corrected chi connectivity index (χ1v) is 9.59. The highest BCUT2D eigenvalue weighted by atomic mass is 35.5. The Morgan fingerprint density at radius 1 is 1.10 bits per heavy atom. The number of hydrogen-bond acceptors (Lipinski definition) is 4. The molecule has 0 radical (unpaired) electrons. The van der Waals surface area contributed by atoms with Crippen LogP contribution in [0.25, 0.3) is 0 Å². The molecule has 0 aliphatic rings. The van der Waals surface area contributed by atoms with E-state index < -0.39 is 32.1 Å². The van der Waals surface area contributed by atoms with E-state index in [1.54, 1.807) is 45.0 Å². The van der Waals surface area contributed by atoms with Crippen LogP contribution in [0.1, 0.15) is 54.0 Å². The third-order valence-electron chi connectivity index (χ3n) is 4.51. The van der Waals surface area contributed by atoms with Crippen LogP contribution < -0.4 is 0 Å². The first-order valence-electron chi connectivity index (χ1n) is 8.92. The minimum atomic E-state index is -1.13. The van der Waals surface area contributed by atoms with E-state index in [2.05, 4.69) is 0 Å². The normalized spacial score (nSPS) is 13.0. The summed E-state index contributed by atoms with van der Waals surface area (Å²) in [5, 5.41) is 11.3. The van der Waals surface area contributed by atoms with Gasteiger partial charge in [-0.05, 0) is 55.1 Å². The summed E-state index contributed by atoms with van der Waals surface area (Å²) in [4.78, 5) is 37.0.